The van der Waals surface area contributed by atoms with Gasteiger partial charge in [-0.15, -0.1) is 0 Å². The van der Waals surface area contributed by atoms with Crippen LogP contribution in [0.15, 0.2) is 30.5 Å². The van der Waals surface area contributed by atoms with Crippen molar-refractivity contribution in [3.8, 4) is 11.4 Å². The average molecular weight is 229 g/mol. The zero-order valence-electron chi connectivity index (χ0n) is 9.97. The second kappa shape index (κ2) is 3.89. The summed E-state index contributed by atoms with van der Waals surface area (Å²) in [7, 11) is 1.68. The Morgan fingerprint density at radius 2 is 2.24 bits per heavy atom. The Morgan fingerprint density at radius 1 is 1.41 bits per heavy atom. The summed E-state index contributed by atoms with van der Waals surface area (Å²) in [5.74, 6) is 0.842. The molecular weight excluding hydrogens is 214 g/mol. The van der Waals surface area contributed by atoms with Gasteiger partial charge in [0, 0.05) is 24.3 Å². The van der Waals surface area contributed by atoms with E-state index >= 15 is 0 Å². The van der Waals surface area contributed by atoms with Gasteiger partial charge in [-0.1, -0.05) is 12.1 Å². The minimum Gasteiger partial charge on any atom is -0.494 e. The van der Waals surface area contributed by atoms with Crippen LogP contribution >= 0.6 is 0 Å². The second-order valence-electron chi connectivity index (χ2n) is 4.25. The fourth-order valence-electron chi connectivity index (χ4n) is 2.22. The highest BCUT2D eigenvalue weighted by Gasteiger charge is 2.22. The standard InChI is InChI=1S/C13H15N3O/c1-9-10-8-16(15-11(10)7-14-9)12-5-3-4-6-13(12)17-2/h3-6,8-9,14H,7H2,1-2H3. The summed E-state index contributed by atoms with van der Waals surface area (Å²) in [6, 6.07) is 8.30. The lowest BCUT2D eigenvalue weighted by Gasteiger charge is -2.08. The Balaban J connectivity index is 2.07. The van der Waals surface area contributed by atoms with Crippen molar-refractivity contribution in [2.45, 2.75) is 19.5 Å². The van der Waals surface area contributed by atoms with Gasteiger partial charge in [0.2, 0.25) is 0 Å². The zero-order chi connectivity index (χ0) is 11.8. The molecule has 0 radical (unpaired) electrons. The molecule has 1 aromatic heterocycles. The quantitative estimate of drug-likeness (QED) is 0.856. The highest BCUT2D eigenvalue weighted by Crippen LogP contribution is 2.27. The molecule has 4 nitrogen and oxygen atoms in total. The van der Waals surface area contributed by atoms with Crippen molar-refractivity contribution < 1.29 is 4.74 Å². The number of hydrogen-bond donors (Lipinski definition) is 1. The van der Waals surface area contributed by atoms with Gasteiger partial charge in [0.15, 0.2) is 0 Å². The molecule has 0 aliphatic carbocycles. The first-order chi connectivity index (χ1) is 8.29. The SMILES string of the molecule is COc1ccccc1-n1cc2c(n1)CNC2C. The van der Waals surface area contributed by atoms with E-state index in [-0.39, 0.29) is 0 Å². The van der Waals surface area contributed by atoms with Crippen LogP contribution in [0.4, 0.5) is 0 Å². The number of para-hydroxylation sites is 2. The predicted molar refractivity (Wildman–Crippen MR) is 65.4 cm³/mol. The average Bonchev–Trinajstić information content (AvgIpc) is 2.92. The molecule has 17 heavy (non-hydrogen) atoms. The summed E-state index contributed by atoms with van der Waals surface area (Å²) < 4.78 is 7.25. The molecular formula is C13H15N3O. The van der Waals surface area contributed by atoms with Gasteiger partial charge in [-0.3, -0.25) is 0 Å². The lowest BCUT2D eigenvalue weighted by Crippen LogP contribution is -2.10. The normalized spacial score (nSPS) is 18.1. The van der Waals surface area contributed by atoms with Crippen molar-refractivity contribution in [2.24, 2.45) is 0 Å². The number of aromatic nitrogens is 2. The Morgan fingerprint density at radius 3 is 3.00 bits per heavy atom. The van der Waals surface area contributed by atoms with Gasteiger partial charge in [-0.05, 0) is 19.1 Å². The molecule has 1 aliphatic heterocycles. The zero-order valence-corrected chi connectivity index (χ0v) is 9.97. The minimum absolute atomic E-state index is 0.383. The lowest BCUT2D eigenvalue weighted by atomic mass is 10.2. The first-order valence-corrected chi connectivity index (χ1v) is 5.75. The maximum Gasteiger partial charge on any atom is 0.144 e. The summed E-state index contributed by atoms with van der Waals surface area (Å²) >= 11 is 0. The third-order valence-corrected chi connectivity index (χ3v) is 3.20. The fraction of sp³-hybridized carbons (Fsp3) is 0.308. The van der Waals surface area contributed by atoms with E-state index in [1.54, 1.807) is 7.11 Å². The van der Waals surface area contributed by atoms with Crippen molar-refractivity contribution in [1.29, 1.82) is 0 Å². The van der Waals surface area contributed by atoms with Gasteiger partial charge in [0.05, 0.1) is 12.8 Å². The van der Waals surface area contributed by atoms with Crippen LogP contribution in [0.3, 0.4) is 0 Å². The third kappa shape index (κ3) is 1.61. The highest BCUT2D eigenvalue weighted by molar-refractivity contribution is 5.47. The summed E-state index contributed by atoms with van der Waals surface area (Å²) in [5.41, 5.74) is 3.39. The first-order valence-electron chi connectivity index (χ1n) is 5.75. The molecule has 0 amide bonds. The highest BCUT2D eigenvalue weighted by atomic mass is 16.5. The number of benzene rings is 1. The molecule has 1 aromatic carbocycles. The molecule has 4 heteroatoms. The van der Waals surface area contributed by atoms with Crippen molar-refractivity contribution in [3.63, 3.8) is 0 Å². The van der Waals surface area contributed by atoms with E-state index in [9.17, 15) is 0 Å². The van der Waals surface area contributed by atoms with Gasteiger partial charge >= 0.3 is 0 Å². The number of nitrogens with one attached hydrogen (secondary N) is 1. The molecule has 0 spiro atoms. The molecule has 0 fully saturated rings. The predicted octanol–water partition coefficient (Wildman–Crippen LogP) is 2.05. The van der Waals surface area contributed by atoms with Gasteiger partial charge in [-0.25, -0.2) is 4.68 Å². The van der Waals surface area contributed by atoms with E-state index in [0.717, 1.165) is 23.7 Å². The van der Waals surface area contributed by atoms with Crippen LogP contribution in [0.2, 0.25) is 0 Å². The van der Waals surface area contributed by atoms with Crippen LogP contribution in [-0.4, -0.2) is 16.9 Å². The summed E-state index contributed by atoms with van der Waals surface area (Å²) in [6.07, 6.45) is 2.08. The van der Waals surface area contributed by atoms with Crippen LogP contribution in [0, 0.1) is 0 Å². The summed E-state index contributed by atoms with van der Waals surface area (Å²) in [5, 5.41) is 7.96. The fourth-order valence-corrected chi connectivity index (χ4v) is 2.22. The Labute approximate surface area is 100 Å². The van der Waals surface area contributed by atoms with E-state index in [4.69, 9.17) is 4.74 Å². The Hall–Kier alpha value is -1.81. The number of methoxy groups -OCH3 is 1. The van der Waals surface area contributed by atoms with E-state index in [1.807, 2.05) is 28.9 Å². The largest absolute Gasteiger partial charge is 0.494 e. The van der Waals surface area contributed by atoms with Crippen molar-refractivity contribution in [1.82, 2.24) is 15.1 Å². The lowest BCUT2D eigenvalue weighted by molar-refractivity contribution is 0.411. The van der Waals surface area contributed by atoms with Crippen LogP contribution in [0.1, 0.15) is 24.2 Å². The van der Waals surface area contributed by atoms with Crippen molar-refractivity contribution in [3.05, 3.63) is 41.7 Å². The molecule has 1 unspecified atom stereocenters. The van der Waals surface area contributed by atoms with E-state index in [0.29, 0.717) is 6.04 Å². The van der Waals surface area contributed by atoms with E-state index < -0.39 is 0 Å². The first kappa shape index (κ1) is 10.4. The van der Waals surface area contributed by atoms with E-state index in [2.05, 4.69) is 23.5 Å². The van der Waals surface area contributed by atoms with Crippen LogP contribution in [-0.2, 0) is 6.54 Å². The van der Waals surface area contributed by atoms with Gasteiger partial charge in [-0.2, -0.15) is 5.10 Å². The second-order valence-corrected chi connectivity index (χ2v) is 4.25. The smallest absolute Gasteiger partial charge is 0.144 e. The molecule has 1 atom stereocenters. The van der Waals surface area contributed by atoms with Crippen molar-refractivity contribution in [2.75, 3.05) is 7.11 Å². The Bertz CT molecular complexity index is 547. The minimum atomic E-state index is 0.383. The maximum absolute atomic E-state index is 5.35. The third-order valence-electron chi connectivity index (χ3n) is 3.20. The van der Waals surface area contributed by atoms with Crippen LogP contribution < -0.4 is 10.1 Å². The molecule has 0 saturated heterocycles. The van der Waals surface area contributed by atoms with Crippen molar-refractivity contribution >= 4 is 0 Å². The molecule has 0 saturated carbocycles. The number of rotatable bonds is 2. The van der Waals surface area contributed by atoms with E-state index in [1.165, 1.54) is 5.56 Å². The van der Waals surface area contributed by atoms with Gasteiger partial charge in [0.1, 0.15) is 11.4 Å². The number of ether oxygens (including phenoxy) is 1. The maximum atomic E-state index is 5.35. The molecule has 3 rings (SSSR count). The molecule has 1 aliphatic rings. The molecule has 1 N–H and O–H groups in total. The molecule has 88 valence electrons. The molecule has 2 heterocycles. The number of fused-ring (bicyclic) bond motifs is 1. The number of nitrogens with zero attached hydrogens (tertiary/aromatic N) is 2. The Kier molecular flexibility index (Phi) is 2.37. The topological polar surface area (TPSA) is 39.1 Å². The number of hydrogen-bond acceptors (Lipinski definition) is 3. The van der Waals surface area contributed by atoms with Crippen LogP contribution in [0.25, 0.3) is 5.69 Å². The van der Waals surface area contributed by atoms with Gasteiger partial charge < -0.3 is 10.1 Å². The summed E-state index contributed by atoms with van der Waals surface area (Å²) in [4.78, 5) is 0. The monoisotopic (exact) mass is 229 g/mol. The molecule has 0 bridgehead atoms. The van der Waals surface area contributed by atoms with Gasteiger partial charge in [0.25, 0.3) is 0 Å². The summed E-state index contributed by atoms with van der Waals surface area (Å²) in [6.45, 7) is 3.00. The van der Waals surface area contributed by atoms with Crippen LogP contribution in [0.5, 0.6) is 5.75 Å². The molecule has 2 aromatic rings.